The Labute approximate surface area is 103 Å². The van der Waals surface area contributed by atoms with Crippen molar-refractivity contribution in [3.8, 4) is 0 Å². The van der Waals surface area contributed by atoms with Gasteiger partial charge in [0.15, 0.2) is 0 Å². The molecule has 3 heteroatoms. The zero-order valence-electron chi connectivity index (χ0n) is 10.7. The maximum atomic E-state index is 4.34. The summed E-state index contributed by atoms with van der Waals surface area (Å²) in [5.41, 5.74) is 5.09. The molecule has 0 aliphatic rings. The molecule has 0 aliphatic carbocycles. The van der Waals surface area contributed by atoms with Crippen LogP contribution in [0.25, 0.3) is 0 Å². The number of nitrogens with zero attached hydrogens (tertiary/aromatic N) is 2. The molecule has 0 aliphatic heterocycles. The second-order valence-electron chi connectivity index (χ2n) is 4.49. The van der Waals surface area contributed by atoms with Crippen LogP contribution in [0, 0.1) is 13.8 Å². The Hall–Kier alpha value is -1.61. The first kappa shape index (κ1) is 11.9. The van der Waals surface area contributed by atoms with E-state index < -0.39 is 0 Å². The van der Waals surface area contributed by atoms with Gasteiger partial charge >= 0.3 is 0 Å². The molecule has 0 unspecified atom stereocenters. The van der Waals surface area contributed by atoms with Crippen molar-refractivity contribution >= 4 is 0 Å². The number of rotatable bonds is 4. The average Bonchev–Trinajstić information content (AvgIpc) is 2.72. The highest BCUT2D eigenvalue weighted by Gasteiger charge is 2.00. The van der Waals surface area contributed by atoms with Gasteiger partial charge < -0.3 is 9.88 Å². The summed E-state index contributed by atoms with van der Waals surface area (Å²) in [6, 6.07) is 6.60. The predicted molar refractivity (Wildman–Crippen MR) is 70.0 cm³/mol. The number of aromatic nitrogens is 2. The van der Waals surface area contributed by atoms with Crippen molar-refractivity contribution in [3.05, 3.63) is 53.1 Å². The molecular weight excluding hydrogens is 210 g/mol. The summed E-state index contributed by atoms with van der Waals surface area (Å²) < 4.78 is 2.12. The zero-order chi connectivity index (χ0) is 12.3. The minimum atomic E-state index is 0.819. The van der Waals surface area contributed by atoms with Crippen LogP contribution >= 0.6 is 0 Å². The van der Waals surface area contributed by atoms with Crippen molar-refractivity contribution < 1.29 is 0 Å². The number of aryl methyl sites for hydroxylation is 2. The van der Waals surface area contributed by atoms with Crippen molar-refractivity contribution in [2.24, 2.45) is 0 Å². The van der Waals surface area contributed by atoms with Crippen LogP contribution in [0.4, 0.5) is 0 Å². The van der Waals surface area contributed by atoms with E-state index in [0.29, 0.717) is 0 Å². The van der Waals surface area contributed by atoms with E-state index in [2.05, 4.69) is 53.1 Å². The molecule has 0 bridgehead atoms. The Kier molecular flexibility index (Phi) is 3.59. The quantitative estimate of drug-likeness (QED) is 0.871. The summed E-state index contributed by atoms with van der Waals surface area (Å²) in [4.78, 5) is 4.34. The Balaban J connectivity index is 2.11. The minimum absolute atomic E-state index is 0.819. The van der Waals surface area contributed by atoms with Gasteiger partial charge in [0.2, 0.25) is 0 Å². The van der Waals surface area contributed by atoms with Gasteiger partial charge in [-0.15, -0.1) is 0 Å². The Bertz CT molecular complexity index is 500. The van der Waals surface area contributed by atoms with E-state index in [0.717, 1.165) is 18.8 Å². The standard InChI is InChI=1S/C14H19N3/c1-11-4-5-13(6-12(11)2)8-17-9-14(7-15-3)16-10-17/h4-6,9-10,15H,7-8H2,1-3H3. The summed E-state index contributed by atoms with van der Waals surface area (Å²) in [6.07, 6.45) is 3.98. The Morgan fingerprint density at radius 2 is 2.06 bits per heavy atom. The van der Waals surface area contributed by atoms with Gasteiger partial charge in [0.1, 0.15) is 0 Å². The largest absolute Gasteiger partial charge is 0.333 e. The molecule has 3 nitrogen and oxygen atoms in total. The lowest BCUT2D eigenvalue weighted by Crippen LogP contribution is -2.05. The molecule has 2 aromatic rings. The van der Waals surface area contributed by atoms with Gasteiger partial charge in [-0.3, -0.25) is 0 Å². The molecule has 1 heterocycles. The highest BCUT2D eigenvalue weighted by molar-refractivity contribution is 5.30. The van der Waals surface area contributed by atoms with Crippen molar-refractivity contribution in [1.82, 2.24) is 14.9 Å². The normalized spacial score (nSPS) is 10.8. The monoisotopic (exact) mass is 229 g/mol. The first-order valence-corrected chi connectivity index (χ1v) is 5.90. The van der Waals surface area contributed by atoms with Crippen LogP contribution in [0.3, 0.4) is 0 Å². The summed E-state index contributed by atoms with van der Waals surface area (Å²) in [6.45, 7) is 6.00. The van der Waals surface area contributed by atoms with Crippen LogP contribution in [0.2, 0.25) is 0 Å². The number of imidazole rings is 1. The van der Waals surface area contributed by atoms with Crippen LogP contribution < -0.4 is 5.32 Å². The summed E-state index contributed by atoms with van der Waals surface area (Å²) in [5, 5.41) is 3.10. The molecule has 0 amide bonds. The SMILES string of the molecule is CNCc1cn(Cc2ccc(C)c(C)c2)cn1. The lowest BCUT2D eigenvalue weighted by atomic mass is 10.1. The lowest BCUT2D eigenvalue weighted by molar-refractivity contribution is 0.781. The minimum Gasteiger partial charge on any atom is -0.333 e. The van der Waals surface area contributed by atoms with Crippen LogP contribution in [-0.2, 0) is 13.1 Å². The maximum Gasteiger partial charge on any atom is 0.0953 e. The summed E-state index contributed by atoms with van der Waals surface area (Å²) in [7, 11) is 1.93. The van der Waals surface area contributed by atoms with Gasteiger partial charge in [-0.1, -0.05) is 18.2 Å². The van der Waals surface area contributed by atoms with E-state index in [-0.39, 0.29) is 0 Å². The topological polar surface area (TPSA) is 29.9 Å². The van der Waals surface area contributed by atoms with E-state index in [1.165, 1.54) is 16.7 Å². The molecule has 0 atom stereocenters. The molecule has 17 heavy (non-hydrogen) atoms. The smallest absolute Gasteiger partial charge is 0.0953 e. The van der Waals surface area contributed by atoms with E-state index >= 15 is 0 Å². The molecule has 1 aromatic heterocycles. The van der Waals surface area contributed by atoms with Crippen LogP contribution in [-0.4, -0.2) is 16.6 Å². The molecule has 0 radical (unpaired) electrons. The average molecular weight is 229 g/mol. The zero-order valence-corrected chi connectivity index (χ0v) is 10.7. The van der Waals surface area contributed by atoms with Crippen molar-refractivity contribution in [2.75, 3.05) is 7.05 Å². The molecule has 0 saturated carbocycles. The molecule has 0 spiro atoms. The molecule has 1 aromatic carbocycles. The molecule has 90 valence electrons. The van der Waals surface area contributed by atoms with Crippen molar-refractivity contribution in [3.63, 3.8) is 0 Å². The van der Waals surface area contributed by atoms with E-state index in [1.54, 1.807) is 0 Å². The summed E-state index contributed by atoms with van der Waals surface area (Å²) >= 11 is 0. The fourth-order valence-electron chi connectivity index (χ4n) is 1.88. The fraction of sp³-hybridized carbons (Fsp3) is 0.357. The van der Waals surface area contributed by atoms with Gasteiger partial charge in [0, 0.05) is 19.3 Å². The van der Waals surface area contributed by atoms with Crippen LogP contribution in [0.1, 0.15) is 22.4 Å². The van der Waals surface area contributed by atoms with Crippen molar-refractivity contribution in [2.45, 2.75) is 26.9 Å². The number of hydrogen-bond donors (Lipinski definition) is 1. The maximum absolute atomic E-state index is 4.34. The van der Waals surface area contributed by atoms with Gasteiger partial charge in [-0.25, -0.2) is 4.98 Å². The van der Waals surface area contributed by atoms with Gasteiger partial charge in [0.05, 0.1) is 12.0 Å². The molecular formula is C14H19N3. The second-order valence-corrected chi connectivity index (χ2v) is 4.49. The molecule has 2 rings (SSSR count). The second kappa shape index (κ2) is 5.15. The third-order valence-corrected chi connectivity index (χ3v) is 2.98. The number of nitrogens with one attached hydrogen (secondary N) is 1. The molecule has 0 saturated heterocycles. The lowest BCUT2D eigenvalue weighted by Gasteiger charge is -2.05. The van der Waals surface area contributed by atoms with Gasteiger partial charge in [-0.05, 0) is 37.6 Å². The fourth-order valence-corrected chi connectivity index (χ4v) is 1.88. The van der Waals surface area contributed by atoms with Crippen molar-refractivity contribution in [1.29, 1.82) is 0 Å². The molecule has 0 fully saturated rings. The van der Waals surface area contributed by atoms with E-state index in [1.807, 2.05) is 13.4 Å². The van der Waals surface area contributed by atoms with Crippen LogP contribution in [0.15, 0.2) is 30.7 Å². The first-order chi connectivity index (χ1) is 8.19. The van der Waals surface area contributed by atoms with Crippen LogP contribution in [0.5, 0.6) is 0 Å². The van der Waals surface area contributed by atoms with Gasteiger partial charge in [-0.2, -0.15) is 0 Å². The van der Waals surface area contributed by atoms with Gasteiger partial charge in [0.25, 0.3) is 0 Å². The molecule has 1 N–H and O–H groups in total. The predicted octanol–water partition coefficient (Wildman–Crippen LogP) is 2.27. The highest BCUT2D eigenvalue weighted by atomic mass is 15.0. The Morgan fingerprint density at radius 3 is 2.76 bits per heavy atom. The number of benzene rings is 1. The summed E-state index contributed by atoms with van der Waals surface area (Å²) in [5.74, 6) is 0. The van der Waals surface area contributed by atoms with E-state index in [9.17, 15) is 0 Å². The Morgan fingerprint density at radius 1 is 1.24 bits per heavy atom. The third kappa shape index (κ3) is 2.94. The highest BCUT2D eigenvalue weighted by Crippen LogP contribution is 2.11. The first-order valence-electron chi connectivity index (χ1n) is 5.90. The van der Waals surface area contributed by atoms with E-state index in [4.69, 9.17) is 0 Å². The third-order valence-electron chi connectivity index (χ3n) is 2.98. The number of hydrogen-bond acceptors (Lipinski definition) is 2.